The van der Waals surface area contributed by atoms with E-state index in [0.29, 0.717) is 5.02 Å². The Bertz CT molecular complexity index is 408. The number of amides is 1. The van der Waals surface area contributed by atoms with Crippen molar-refractivity contribution in [1.82, 2.24) is 0 Å². The highest BCUT2D eigenvalue weighted by Gasteiger charge is 2.39. The van der Waals surface area contributed by atoms with Crippen molar-refractivity contribution in [3.63, 3.8) is 0 Å². The van der Waals surface area contributed by atoms with Gasteiger partial charge in [-0.25, -0.2) is 0 Å². The summed E-state index contributed by atoms with van der Waals surface area (Å²) in [4.78, 5) is 11.1. The summed E-state index contributed by atoms with van der Waals surface area (Å²) in [6, 6.07) is 7.32. The second-order valence-electron chi connectivity index (χ2n) is 4.33. The molecular weight excluding hydrogens is 224 g/mol. The van der Waals surface area contributed by atoms with Crippen molar-refractivity contribution in [2.45, 2.75) is 18.9 Å². The van der Waals surface area contributed by atoms with Gasteiger partial charge in [0.05, 0.1) is 0 Å². The molecule has 1 amide bonds. The fourth-order valence-corrected chi connectivity index (χ4v) is 2.47. The van der Waals surface area contributed by atoms with Gasteiger partial charge in [0.2, 0.25) is 5.91 Å². The summed E-state index contributed by atoms with van der Waals surface area (Å²) in [5, 5.41) is 0.669. The molecule has 0 spiro atoms. The van der Waals surface area contributed by atoms with Gasteiger partial charge in [0.15, 0.2) is 0 Å². The third-order valence-electron chi connectivity index (χ3n) is 3.39. The number of carbonyl (C=O) groups excluding carboxylic acids is 1. The predicted molar refractivity (Wildman–Crippen MR) is 63.8 cm³/mol. The first-order chi connectivity index (χ1) is 7.59. The summed E-state index contributed by atoms with van der Waals surface area (Å²) in [6.45, 7) is 0. The largest absolute Gasteiger partial charge is 0.369 e. The minimum Gasteiger partial charge on any atom is -0.369 e. The van der Waals surface area contributed by atoms with Gasteiger partial charge in [-0.15, -0.1) is 0 Å². The summed E-state index contributed by atoms with van der Waals surface area (Å²) in [5.74, 6) is -0.154. The number of rotatable bonds is 3. The Morgan fingerprint density at radius 1 is 1.44 bits per heavy atom. The van der Waals surface area contributed by atoms with E-state index < -0.39 is 0 Å². The first kappa shape index (κ1) is 11.4. The molecule has 1 fully saturated rings. The zero-order valence-corrected chi connectivity index (χ0v) is 9.65. The molecule has 0 saturated heterocycles. The SMILES string of the molecule is NC(=O)C1CCC1C(N)c1cccc(Cl)c1. The van der Waals surface area contributed by atoms with E-state index in [1.54, 1.807) is 0 Å². The minimum absolute atomic E-state index is 0.0750. The van der Waals surface area contributed by atoms with Crippen LogP contribution in [0.2, 0.25) is 5.02 Å². The normalized spacial score (nSPS) is 25.9. The summed E-state index contributed by atoms with van der Waals surface area (Å²) in [5.41, 5.74) is 12.4. The van der Waals surface area contributed by atoms with Gasteiger partial charge in [-0.05, 0) is 36.5 Å². The molecule has 4 heteroatoms. The van der Waals surface area contributed by atoms with Gasteiger partial charge in [0, 0.05) is 17.0 Å². The Kier molecular flexibility index (Phi) is 3.17. The van der Waals surface area contributed by atoms with E-state index in [0.717, 1.165) is 18.4 Å². The van der Waals surface area contributed by atoms with E-state index in [-0.39, 0.29) is 23.8 Å². The van der Waals surface area contributed by atoms with Crippen LogP contribution in [-0.2, 0) is 4.79 Å². The van der Waals surface area contributed by atoms with E-state index in [4.69, 9.17) is 23.1 Å². The van der Waals surface area contributed by atoms with Crippen molar-refractivity contribution in [1.29, 1.82) is 0 Å². The number of nitrogens with two attached hydrogens (primary N) is 2. The summed E-state index contributed by atoms with van der Waals surface area (Å²) in [6.07, 6.45) is 1.82. The average molecular weight is 239 g/mol. The molecule has 1 aromatic carbocycles. The molecule has 86 valence electrons. The van der Waals surface area contributed by atoms with Crippen LogP contribution in [0, 0.1) is 11.8 Å². The molecule has 3 atom stereocenters. The van der Waals surface area contributed by atoms with Crippen LogP contribution in [-0.4, -0.2) is 5.91 Å². The second kappa shape index (κ2) is 4.44. The van der Waals surface area contributed by atoms with E-state index in [2.05, 4.69) is 0 Å². The summed E-state index contributed by atoms with van der Waals surface area (Å²) >= 11 is 5.91. The first-order valence-corrected chi connectivity index (χ1v) is 5.77. The van der Waals surface area contributed by atoms with Crippen molar-refractivity contribution in [2.75, 3.05) is 0 Å². The lowest BCUT2D eigenvalue weighted by Gasteiger charge is -2.38. The molecule has 1 aliphatic rings. The molecular formula is C12H15ClN2O. The Morgan fingerprint density at radius 3 is 2.69 bits per heavy atom. The lowest BCUT2D eigenvalue weighted by atomic mass is 9.68. The topological polar surface area (TPSA) is 69.1 Å². The maximum absolute atomic E-state index is 11.1. The third kappa shape index (κ3) is 2.06. The van der Waals surface area contributed by atoms with E-state index >= 15 is 0 Å². The highest BCUT2D eigenvalue weighted by Crippen LogP contribution is 2.41. The molecule has 1 saturated carbocycles. The second-order valence-corrected chi connectivity index (χ2v) is 4.77. The maximum Gasteiger partial charge on any atom is 0.220 e. The van der Waals surface area contributed by atoms with Gasteiger partial charge < -0.3 is 11.5 Å². The van der Waals surface area contributed by atoms with E-state index in [9.17, 15) is 4.79 Å². The van der Waals surface area contributed by atoms with Gasteiger partial charge in [-0.3, -0.25) is 4.79 Å². The Labute approximate surface area is 99.8 Å². The Hall–Kier alpha value is -1.06. The third-order valence-corrected chi connectivity index (χ3v) is 3.62. The number of carbonyl (C=O) groups is 1. The lowest BCUT2D eigenvalue weighted by Crippen LogP contribution is -2.42. The van der Waals surface area contributed by atoms with Crippen molar-refractivity contribution in [3.05, 3.63) is 34.9 Å². The molecule has 3 unspecified atom stereocenters. The average Bonchev–Trinajstić information content (AvgIpc) is 2.14. The monoisotopic (exact) mass is 238 g/mol. The molecule has 0 bridgehead atoms. The fourth-order valence-electron chi connectivity index (χ4n) is 2.27. The highest BCUT2D eigenvalue weighted by atomic mass is 35.5. The molecule has 1 aromatic rings. The molecule has 4 N–H and O–H groups in total. The van der Waals surface area contributed by atoms with Crippen molar-refractivity contribution >= 4 is 17.5 Å². The van der Waals surface area contributed by atoms with Gasteiger partial charge in [0.25, 0.3) is 0 Å². The summed E-state index contributed by atoms with van der Waals surface area (Å²) in [7, 11) is 0. The number of benzene rings is 1. The molecule has 0 radical (unpaired) electrons. The minimum atomic E-state index is -0.242. The van der Waals surface area contributed by atoms with Crippen LogP contribution >= 0.6 is 11.6 Å². The smallest absolute Gasteiger partial charge is 0.220 e. The lowest BCUT2D eigenvalue weighted by molar-refractivity contribution is -0.127. The van der Waals surface area contributed by atoms with E-state index in [1.165, 1.54) is 0 Å². The summed E-state index contributed by atoms with van der Waals surface area (Å²) < 4.78 is 0. The number of hydrogen-bond acceptors (Lipinski definition) is 2. The number of primary amides is 1. The van der Waals surface area contributed by atoms with E-state index in [1.807, 2.05) is 24.3 Å². The zero-order valence-electron chi connectivity index (χ0n) is 8.90. The van der Waals surface area contributed by atoms with Crippen LogP contribution < -0.4 is 11.5 Å². The van der Waals surface area contributed by atoms with Gasteiger partial charge in [-0.1, -0.05) is 23.7 Å². The predicted octanol–water partition coefficient (Wildman–Crippen LogP) is 1.85. The molecule has 1 aliphatic carbocycles. The molecule has 16 heavy (non-hydrogen) atoms. The van der Waals surface area contributed by atoms with Crippen LogP contribution in [0.1, 0.15) is 24.4 Å². The molecule has 2 rings (SSSR count). The van der Waals surface area contributed by atoms with Crippen molar-refractivity contribution in [3.8, 4) is 0 Å². The van der Waals surface area contributed by atoms with Gasteiger partial charge >= 0.3 is 0 Å². The molecule has 0 aromatic heterocycles. The quantitative estimate of drug-likeness (QED) is 0.844. The molecule has 0 aliphatic heterocycles. The molecule has 0 heterocycles. The zero-order chi connectivity index (χ0) is 11.7. The van der Waals surface area contributed by atoms with Crippen LogP contribution in [0.15, 0.2) is 24.3 Å². The van der Waals surface area contributed by atoms with Crippen LogP contribution in [0.4, 0.5) is 0 Å². The Morgan fingerprint density at radius 2 is 2.19 bits per heavy atom. The van der Waals surface area contributed by atoms with Gasteiger partial charge in [-0.2, -0.15) is 0 Å². The standard InChI is InChI=1S/C12H15ClN2O/c13-8-3-1-2-7(6-8)11(14)9-4-5-10(9)12(15)16/h1-3,6,9-11H,4-5,14H2,(H2,15,16). The molecule has 3 nitrogen and oxygen atoms in total. The van der Waals surface area contributed by atoms with Crippen molar-refractivity contribution < 1.29 is 4.79 Å². The maximum atomic E-state index is 11.1. The highest BCUT2D eigenvalue weighted by molar-refractivity contribution is 6.30. The van der Waals surface area contributed by atoms with Crippen LogP contribution in [0.3, 0.4) is 0 Å². The number of hydrogen-bond donors (Lipinski definition) is 2. The van der Waals surface area contributed by atoms with Gasteiger partial charge in [0.1, 0.15) is 0 Å². The van der Waals surface area contributed by atoms with Crippen molar-refractivity contribution in [2.24, 2.45) is 23.3 Å². The first-order valence-electron chi connectivity index (χ1n) is 5.40. The van der Waals surface area contributed by atoms with Crippen LogP contribution in [0.25, 0.3) is 0 Å². The van der Waals surface area contributed by atoms with Crippen LogP contribution in [0.5, 0.6) is 0 Å². The fraction of sp³-hybridized carbons (Fsp3) is 0.417. The Balaban J connectivity index is 2.13. The number of halogens is 1.